The van der Waals surface area contributed by atoms with Crippen LogP contribution in [0.2, 0.25) is 0 Å². The predicted octanol–water partition coefficient (Wildman–Crippen LogP) is 3.88. The van der Waals surface area contributed by atoms with Gasteiger partial charge in [0, 0.05) is 45.5 Å². The normalized spacial score (nSPS) is 21.7. The van der Waals surface area contributed by atoms with Crippen molar-refractivity contribution in [1.29, 1.82) is 0 Å². The molecule has 2 aliphatic rings. The Bertz CT molecular complexity index is 1090. The summed E-state index contributed by atoms with van der Waals surface area (Å²) in [6, 6.07) is 0. The Balaban J connectivity index is 1.86. The SMILES string of the molecule is CC=CC(=CC)C1N=C(C(F)(F)F)C(COCN=C(C)/C=C\C(=NC)N2CCN(C(=O)C(O)CN(CCC)CCC)CC2)O1. The van der Waals surface area contributed by atoms with Gasteiger partial charge < -0.3 is 29.3 Å². The number of carbonyl (C=O) groups is 1. The first-order valence-electron chi connectivity index (χ1n) is 15.3. The zero-order valence-corrected chi connectivity index (χ0v) is 26.9. The number of amides is 1. The van der Waals surface area contributed by atoms with Gasteiger partial charge in [-0.25, -0.2) is 4.99 Å². The highest BCUT2D eigenvalue weighted by Crippen LogP contribution is 2.30. The third kappa shape index (κ3) is 11.6. The summed E-state index contributed by atoms with van der Waals surface area (Å²) < 4.78 is 51.6. The van der Waals surface area contributed by atoms with Crippen molar-refractivity contribution in [1.82, 2.24) is 14.7 Å². The van der Waals surface area contributed by atoms with Gasteiger partial charge in [0.15, 0.2) is 11.9 Å². The number of piperazine rings is 1. The van der Waals surface area contributed by atoms with E-state index in [0.29, 0.717) is 49.8 Å². The van der Waals surface area contributed by atoms with Crippen LogP contribution >= 0.6 is 0 Å². The highest BCUT2D eigenvalue weighted by Gasteiger charge is 2.46. The van der Waals surface area contributed by atoms with Gasteiger partial charge in [-0.15, -0.1) is 0 Å². The molecule has 44 heavy (non-hydrogen) atoms. The molecule has 0 bridgehead atoms. The van der Waals surface area contributed by atoms with Gasteiger partial charge >= 0.3 is 6.18 Å². The maximum absolute atomic E-state index is 13.5. The lowest BCUT2D eigenvalue weighted by atomic mass is 10.2. The minimum absolute atomic E-state index is 0.146. The number of alkyl halides is 3. The number of aliphatic hydroxyl groups is 1. The van der Waals surface area contributed by atoms with Crippen LogP contribution in [0.25, 0.3) is 0 Å². The van der Waals surface area contributed by atoms with E-state index in [2.05, 4.69) is 38.6 Å². The molecule has 2 aliphatic heterocycles. The molecule has 0 saturated carbocycles. The minimum atomic E-state index is -4.63. The first-order valence-corrected chi connectivity index (χ1v) is 15.3. The van der Waals surface area contributed by atoms with Gasteiger partial charge in [0.1, 0.15) is 24.8 Å². The van der Waals surface area contributed by atoms with Crippen LogP contribution in [0.5, 0.6) is 0 Å². The average molecular weight is 627 g/mol. The summed E-state index contributed by atoms with van der Waals surface area (Å²) in [6.07, 6.45) is 2.49. The second-order valence-corrected chi connectivity index (χ2v) is 10.6. The molecule has 0 spiro atoms. The quantitative estimate of drug-likeness (QED) is 0.128. The fraction of sp³-hybridized carbons (Fsp3) is 0.677. The van der Waals surface area contributed by atoms with Gasteiger partial charge in [-0.05, 0) is 64.4 Å². The van der Waals surface area contributed by atoms with Gasteiger partial charge in [-0.1, -0.05) is 32.1 Å². The van der Waals surface area contributed by atoms with E-state index >= 15 is 0 Å². The molecule has 0 aromatic rings. The molecule has 0 aromatic heterocycles. The first-order chi connectivity index (χ1) is 21.0. The molecule has 0 aliphatic carbocycles. The molecule has 0 radical (unpaired) electrons. The Kier molecular flexibility index (Phi) is 16.0. The molecule has 10 nitrogen and oxygen atoms in total. The fourth-order valence-corrected chi connectivity index (χ4v) is 4.99. The third-order valence-electron chi connectivity index (χ3n) is 7.21. The van der Waals surface area contributed by atoms with Crippen molar-refractivity contribution in [2.45, 2.75) is 72.1 Å². The van der Waals surface area contributed by atoms with Gasteiger partial charge in [-0.3, -0.25) is 14.8 Å². The lowest BCUT2D eigenvalue weighted by Crippen LogP contribution is -2.54. The van der Waals surface area contributed by atoms with Gasteiger partial charge in [0.05, 0.1) is 6.61 Å². The van der Waals surface area contributed by atoms with E-state index in [0.717, 1.165) is 25.9 Å². The fourth-order valence-electron chi connectivity index (χ4n) is 4.99. The standard InChI is InChI=1S/C31H49F3N6O4/c1-7-11-24(10-4)29-37-28(31(32,33)34)26(44-29)21-43-22-36-23(5)12-13-27(35-6)39-16-18-40(19-17-39)30(42)25(41)20-38(14-8-2)15-9-3/h7,10-13,25-26,29,41H,8-9,14-22H2,1-6H3/b11-7?,13-12-,24-10?,35-27?,36-23?. The van der Waals surface area contributed by atoms with E-state index in [-0.39, 0.29) is 19.2 Å². The summed E-state index contributed by atoms with van der Waals surface area (Å²) in [5.74, 6) is 0.463. The van der Waals surface area contributed by atoms with Crippen molar-refractivity contribution >= 4 is 23.2 Å². The zero-order chi connectivity index (χ0) is 32.7. The largest absolute Gasteiger partial charge is 0.431 e. The number of halogens is 3. The molecular formula is C31H49F3N6O4. The van der Waals surface area contributed by atoms with E-state index in [1.54, 1.807) is 63.1 Å². The smallest absolute Gasteiger partial charge is 0.382 e. The van der Waals surface area contributed by atoms with E-state index in [1.807, 2.05) is 0 Å². The number of allylic oxidation sites excluding steroid dienone is 3. The summed E-state index contributed by atoms with van der Waals surface area (Å²) in [7, 11) is 1.68. The average Bonchev–Trinajstić information content (AvgIpc) is 3.43. The second-order valence-electron chi connectivity index (χ2n) is 10.6. The Labute approximate surface area is 259 Å². The highest BCUT2D eigenvalue weighted by molar-refractivity contribution is 6.01. The molecule has 3 atom stereocenters. The number of amidine groups is 1. The minimum Gasteiger partial charge on any atom is -0.382 e. The summed E-state index contributed by atoms with van der Waals surface area (Å²) in [5.41, 5.74) is 0.143. The molecule has 1 saturated heterocycles. The number of rotatable bonds is 15. The molecule has 0 aromatic carbocycles. The van der Waals surface area contributed by atoms with Crippen LogP contribution in [-0.4, -0.2) is 134 Å². The summed E-state index contributed by atoms with van der Waals surface area (Å²) >= 11 is 0. The summed E-state index contributed by atoms with van der Waals surface area (Å²) in [5, 5.41) is 10.6. The van der Waals surface area contributed by atoms with Crippen LogP contribution in [0.3, 0.4) is 0 Å². The van der Waals surface area contributed by atoms with E-state index < -0.39 is 30.3 Å². The zero-order valence-electron chi connectivity index (χ0n) is 26.9. The molecule has 2 heterocycles. The molecule has 248 valence electrons. The van der Waals surface area contributed by atoms with Crippen molar-refractivity contribution in [2.24, 2.45) is 15.0 Å². The van der Waals surface area contributed by atoms with Crippen LogP contribution in [-0.2, 0) is 14.3 Å². The van der Waals surface area contributed by atoms with Gasteiger partial charge in [0.25, 0.3) is 5.91 Å². The Morgan fingerprint density at radius 3 is 2.32 bits per heavy atom. The number of ether oxygens (including phenoxy) is 2. The molecular weight excluding hydrogens is 577 g/mol. The second kappa shape index (κ2) is 18.8. The highest BCUT2D eigenvalue weighted by atomic mass is 19.4. The maximum Gasteiger partial charge on any atom is 0.431 e. The van der Waals surface area contributed by atoms with Crippen LogP contribution < -0.4 is 0 Å². The molecule has 1 N–H and O–H groups in total. The van der Waals surface area contributed by atoms with Crippen molar-refractivity contribution < 1.29 is 32.5 Å². The van der Waals surface area contributed by atoms with Crippen LogP contribution in [0.15, 0.2) is 50.9 Å². The van der Waals surface area contributed by atoms with E-state index in [9.17, 15) is 23.1 Å². The van der Waals surface area contributed by atoms with Crippen molar-refractivity contribution in [3.05, 3.63) is 36.0 Å². The Morgan fingerprint density at radius 2 is 1.77 bits per heavy atom. The third-order valence-corrected chi connectivity index (χ3v) is 7.21. The number of hydrogen-bond donors (Lipinski definition) is 1. The van der Waals surface area contributed by atoms with Gasteiger partial charge in [0.2, 0.25) is 0 Å². The Morgan fingerprint density at radius 1 is 1.14 bits per heavy atom. The van der Waals surface area contributed by atoms with Crippen molar-refractivity contribution in [3.63, 3.8) is 0 Å². The van der Waals surface area contributed by atoms with Crippen molar-refractivity contribution in [3.8, 4) is 0 Å². The number of carbonyl (C=O) groups excluding carboxylic acids is 1. The van der Waals surface area contributed by atoms with Crippen molar-refractivity contribution in [2.75, 3.05) is 66.2 Å². The summed E-state index contributed by atoms with van der Waals surface area (Å²) in [6.45, 7) is 13.0. The molecule has 1 amide bonds. The number of aliphatic hydroxyl groups excluding tert-OH is 1. The molecule has 1 fully saturated rings. The molecule has 2 rings (SSSR count). The van der Waals surface area contributed by atoms with E-state index in [4.69, 9.17) is 9.47 Å². The summed E-state index contributed by atoms with van der Waals surface area (Å²) in [4.78, 5) is 31.1. The topological polar surface area (TPSA) is 103 Å². The van der Waals surface area contributed by atoms with Crippen LogP contribution in [0.4, 0.5) is 13.2 Å². The lowest BCUT2D eigenvalue weighted by Gasteiger charge is -2.37. The van der Waals surface area contributed by atoms with Gasteiger partial charge in [-0.2, -0.15) is 13.2 Å². The molecule has 3 unspecified atom stereocenters. The monoisotopic (exact) mass is 626 g/mol. The van der Waals surface area contributed by atoms with E-state index in [1.165, 1.54) is 0 Å². The number of hydrogen-bond acceptors (Lipinski definition) is 8. The lowest BCUT2D eigenvalue weighted by molar-refractivity contribution is -0.142. The first kappa shape index (κ1) is 37.3. The number of aliphatic imine (C=N–C) groups is 3. The predicted molar refractivity (Wildman–Crippen MR) is 168 cm³/mol. The number of nitrogens with zero attached hydrogens (tertiary/aromatic N) is 6. The maximum atomic E-state index is 13.5. The Hall–Kier alpha value is -2.87. The van der Waals surface area contributed by atoms with Crippen LogP contribution in [0, 0.1) is 0 Å². The van der Waals surface area contributed by atoms with Crippen LogP contribution in [0.1, 0.15) is 47.5 Å². The molecule has 13 heteroatoms.